The molecule has 1 unspecified atom stereocenters. The molecule has 6 heteroatoms. The first kappa shape index (κ1) is 26.8. The maximum atomic E-state index is 11.6. The molecule has 0 aliphatic carbocycles. The minimum absolute atomic E-state index is 0.161. The van der Waals surface area contributed by atoms with Crippen LogP contribution in [-0.4, -0.2) is 45.4 Å². The van der Waals surface area contributed by atoms with E-state index in [1.807, 2.05) is 21.1 Å². The Balaban J connectivity index is 3.42. The lowest BCUT2D eigenvalue weighted by atomic mass is 10.1. The van der Waals surface area contributed by atoms with Gasteiger partial charge >= 0.3 is 0 Å². The van der Waals surface area contributed by atoms with Crippen LogP contribution in [0.1, 0.15) is 84.0 Å². The van der Waals surface area contributed by atoms with E-state index >= 15 is 0 Å². The van der Waals surface area contributed by atoms with Crippen molar-refractivity contribution in [1.29, 1.82) is 0 Å². The molecule has 0 spiro atoms. The van der Waals surface area contributed by atoms with Gasteiger partial charge in [0.25, 0.3) is 7.82 Å². The lowest BCUT2D eigenvalue weighted by molar-refractivity contribution is -0.870. The lowest BCUT2D eigenvalue weighted by Gasteiger charge is -2.27. The fourth-order valence-electron chi connectivity index (χ4n) is 2.64. The molecule has 0 fully saturated rings. The summed E-state index contributed by atoms with van der Waals surface area (Å²) in [6, 6.07) is 0. The van der Waals surface area contributed by atoms with Gasteiger partial charge in [-0.3, -0.25) is 4.57 Å². The quantitative estimate of drug-likeness (QED) is 0.124. The van der Waals surface area contributed by atoms with Crippen LogP contribution in [0.15, 0.2) is 12.2 Å². The largest absolute Gasteiger partial charge is 0.756 e. The Hall–Kier alpha value is -0.190. The Labute approximate surface area is 168 Å². The predicted octanol–water partition coefficient (Wildman–Crippen LogP) is 5.45. The van der Waals surface area contributed by atoms with E-state index in [1.54, 1.807) is 0 Å². The van der Waals surface area contributed by atoms with E-state index in [2.05, 4.69) is 19.1 Å². The molecule has 0 rings (SSSR count). The summed E-state index contributed by atoms with van der Waals surface area (Å²) in [4.78, 5) is 11.6. The van der Waals surface area contributed by atoms with Crippen molar-refractivity contribution in [2.24, 2.45) is 0 Å². The predicted molar refractivity (Wildman–Crippen MR) is 113 cm³/mol. The molecule has 5 nitrogen and oxygen atoms in total. The first-order chi connectivity index (χ1) is 12.8. The number of phosphoric ester groups is 1. The van der Waals surface area contributed by atoms with Crippen molar-refractivity contribution < 1.29 is 23.0 Å². The summed E-state index contributed by atoms with van der Waals surface area (Å²) in [6.45, 7) is 3.25. The first-order valence-corrected chi connectivity index (χ1v) is 12.3. The molecule has 0 N–H and O–H groups in total. The number of likely N-dealkylation sites (N-methyl/N-ethyl adjacent to an activating group) is 1. The summed E-state index contributed by atoms with van der Waals surface area (Å²) in [7, 11) is 1.83. The Bertz CT molecular complexity index is 407. The molecule has 1 atom stereocenters. The van der Waals surface area contributed by atoms with E-state index in [9.17, 15) is 9.46 Å². The fraction of sp³-hybridized carbons (Fsp3) is 0.905. The maximum absolute atomic E-state index is 11.6. The Morgan fingerprint density at radius 3 is 1.81 bits per heavy atom. The Morgan fingerprint density at radius 2 is 1.26 bits per heavy atom. The SMILES string of the molecule is CCCCCCCCC/C=C\CCCCCOP(=O)([O-])OCC[N+](C)(C)C. The zero-order chi connectivity index (χ0) is 20.4. The first-order valence-electron chi connectivity index (χ1n) is 10.8. The minimum Gasteiger partial charge on any atom is -0.756 e. The average molecular weight is 406 g/mol. The van der Waals surface area contributed by atoms with Gasteiger partial charge in [0, 0.05) is 0 Å². The second-order valence-electron chi connectivity index (χ2n) is 8.36. The molecule has 0 aromatic heterocycles. The summed E-state index contributed by atoms with van der Waals surface area (Å²) in [5.41, 5.74) is 0. The highest BCUT2D eigenvalue weighted by atomic mass is 31.2. The van der Waals surface area contributed by atoms with Crippen LogP contribution in [0.2, 0.25) is 0 Å². The van der Waals surface area contributed by atoms with Crippen LogP contribution in [0, 0.1) is 0 Å². The molecular formula is C21H44NO4P. The molecule has 0 aromatic rings. The molecule has 0 heterocycles. The van der Waals surface area contributed by atoms with Gasteiger partial charge in [0.1, 0.15) is 13.2 Å². The maximum Gasteiger partial charge on any atom is 0.268 e. The van der Waals surface area contributed by atoms with E-state index < -0.39 is 7.82 Å². The summed E-state index contributed by atoms with van der Waals surface area (Å²) < 4.78 is 22.1. The third-order valence-corrected chi connectivity index (χ3v) is 5.41. The second-order valence-corrected chi connectivity index (χ2v) is 9.77. The molecule has 0 saturated heterocycles. The molecule has 27 heavy (non-hydrogen) atoms. The van der Waals surface area contributed by atoms with E-state index in [4.69, 9.17) is 9.05 Å². The third-order valence-electron chi connectivity index (χ3n) is 4.42. The minimum atomic E-state index is -4.14. The van der Waals surface area contributed by atoms with Crippen molar-refractivity contribution in [2.75, 3.05) is 40.9 Å². The van der Waals surface area contributed by atoms with E-state index in [0.29, 0.717) is 11.0 Å². The second kappa shape index (κ2) is 16.7. The molecule has 0 saturated carbocycles. The summed E-state index contributed by atoms with van der Waals surface area (Å²) in [5.74, 6) is 0. The molecule has 0 aliphatic rings. The van der Waals surface area contributed by atoms with Crippen LogP contribution in [0.25, 0.3) is 0 Å². The van der Waals surface area contributed by atoms with Gasteiger partial charge in [-0.2, -0.15) is 0 Å². The Morgan fingerprint density at radius 1 is 0.778 bits per heavy atom. The number of hydrogen-bond donors (Lipinski definition) is 0. The number of allylic oxidation sites excluding steroid dienone is 2. The van der Waals surface area contributed by atoms with Gasteiger partial charge in [-0.15, -0.1) is 0 Å². The highest BCUT2D eigenvalue weighted by Crippen LogP contribution is 2.38. The van der Waals surface area contributed by atoms with Gasteiger partial charge in [0.2, 0.25) is 0 Å². The zero-order valence-corrected chi connectivity index (χ0v) is 19.2. The molecule has 162 valence electrons. The van der Waals surface area contributed by atoms with Crippen LogP contribution >= 0.6 is 7.82 Å². The molecule has 0 amide bonds. The number of nitrogens with zero attached hydrogens (tertiary/aromatic N) is 1. The molecule has 0 radical (unpaired) electrons. The van der Waals surface area contributed by atoms with Crippen molar-refractivity contribution in [1.82, 2.24) is 0 Å². The van der Waals surface area contributed by atoms with Crippen LogP contribution in [0.4, 0.5) is 0 Å². The Kier molecular flexibility index (Phi) is 16.6. The molecule has 0 aromatic carbocycles. The number of quaternary nitrogens is 1. The normalized spacial score (nSPS) is 14.7. The monoisotopic (exact) mass is 405 g/mol. The van der Waals surface area contributed by atoms with Crippen LogP contribution in [0.3, 0.4) is 0 Å². The van der Waals surface area contributed by atoms with Gasteiger partial charge in [0.15, 0.2) is 0 Å². The molecule has 0 aliphatic heterocycles. The van der Waals surface area contributed by atoms with Gasteiger partial charge < -0.3 is 18.4 Å². The van der Waals surface area contributed by atoms with Crippen molar-refractivity contribution >= 4 is 7.82 Å². The third kappa shape index (κ3) is 22.0. The fourth-order valence-corrected chi connectivity index (χ4v) is 3.37. The van der Waals surface area contributed by atoms with Gasteiger partial charge in [-0.05, 0) is 32.1 Å². The number of unbranched alkanes of at least 4 members (excludes halogenated alkanes) is 10. The number of hydrogen-bond acceptors (Lipinski definition) is 4. The topological polar surface area (TPSA) is 58.6 Å². The molecule has 0 bridgehead atoms. The standard InChI is InChI=1S/C21H44NO4P/c1-5-6-7-8-9-10-11-12-13-14-15-16-17-18-20-25-27(23,24)26-21-19-22(2,3)4/h13-14H,5-12,15-21H2,1-4H3/b14-13-. The summed E-state index contributed by atoms with van der Waals surface area (Å²) in [6.07, 6.45) is 19.1. The van der Waals surface area contributed by atoms with Gasteiger partial charge in [-0.1, -0.05) is 64.0 Å². The van der Waals surface area contributed by atoms with E-state index in [0.717, 1.165) is 25.7 Å². The van der Waals surface area contributed by atoms with Crippen molar-refractivity contribution in [3.05, 3.63) is 12.2 Å². The van der Waals surface area contributed by atoms with Crippen LogP contribution < -0.4 is 4.89 Å². The van der Waals surface area contributed by atoms with E-state index in [1.165, 1.54) is 51.4 Å². The summed E-state index contributed by atoms with van der Waals surface area (Å²) >= 11 is 0. The highest BCUT2D eigenvalue weighted by Gasteiger charge is 2.12. The van der Waals surface area contributed by atoms with Crippen LogP contribution in [-0.2, 0) is 13.6 Å². The smallest absolute Gasteiger partial charge is 0.268 e. The summed E-state index contributed by atoms with van der Waals surface area (Å²) in [5, 5.41) is 0. The van der Waals surface area contributed by atoms with Crippen molar-refractivity contribution in [2.45, 2.75) is 84.0 Å². The van der Waals surface area contributed by atoms with Crippen LogP contribution in [0.5, 0.6) is 0 Å². The van der Waals surface area contributed by atoms with E-state index in [-0.39, 0.29) is 13.2 Å². The highest BCUT2D eigenvalue weighted by molar-refractivity contribution is 7.45. The van der Waals surface area contributed by atoms with Gasteiger partial charge in [0.05, 0.1) is 27.7 Å². The number of rotatable bonds is 19. The van der Waals surface area contributed by atoms with Gasteiger partial charge in [-0.25, -0.2) is 0 Å². The number of phosphoric acid groups is 1. The van der Waals surface area contributed by atoms with Crippen molar-refractivity contribution in [3.63, 3.8) is 0 Å². The average Bonchev–Trinajstić information content (AvgIpc) is 2.57. The zero-order valence-electron chi connectivity index (χ0n) is 18.3. The molecular weight excluding hydrogens is 361 g/mol. The van der Waals surface area contributed by atoms with Crippen molar-refractivity contribution in [3.8, 4) is 0 Å². The lowest BCUT2D eigenvalue weighted by Crippen LogP contribution is -2.37.